The van der Waals surface area contributed by atoms with Crippen molar-refractivity contribution in [1.82, 2.24) is 15.4 Å². The van der Waals surface area contributed by atoms with Crippen LogP contribution in [0.5, 0.6) is 5.75 Å². The molecular weight excluding hydrogens is 488 g/mol. The first kappa shape index (κ1) is 20.9. The maximum atomic E-state index is 6.55. The van der Waals surface area contributed by atoms with E-state index in [2.05, 4.69) is 66.8 Å². The molecule has 0 saturated heterocycles. The van der Waals surface area contributed by atoms with Crippen molar-refractivity contribution in [2.24, 2.45) is 5.10 Å². The molecule has 0 amide bonds. The fraction of sp³-hybridized carbons (Fsp3) is 0.160. The van der Waals surface area contributed by atoms with E-state index >= 15 is 0 Å². The normalized spacial score (nSPS) is 15.5. The van der Waals surface area contributed by atoms with E-state index in [1.807, 2.05) is 43.5 Å². The highest BCUT2D eigenvalue weighted by Crippen LogP contribution is 2.32. The molecule has 1 aliphatic heterocycles. The van der Waals surface area contributed by atoms with Crippen molar-refractivity contribution in [2.75, 3.05) is 6.61 Å². The summed E-state index contributed by atoms with van der Waals surface area (Å²) in [6.45, 7) is 2.58. The molecule has 7 heteroatoms. The van der Waals surface area contributed by atoms with Gasteiger partial charge in [-0.05, 0) is 58.2 Å². The fourth-order valence-electron chi connectivity index (χ4n) is 3.84. The molecule has 0 saturated carbocycles. The number of pyridine rings is 2. The Bertz CT molecular complexity index is 1310. The van der Waals surface area contributed by atoms with Crippen molar-refractivity contribution in [3.8, 4) is 16.9 Å². The number of nitrogens with zero attached hydrogens (tertiary/aromatic N) is 3. The molecule has 0 fully saturated rings. The van der Waals surface area contributed by atoms with E-state index in [0.717, 1.165) is 55.6 Å². The molecule has 2 aromatic carbocycles. The summed E-state index contributed by atoms with van der Waals surface area (Å²) >= 11 is 9.93. The first-order valence-electron chi connectivity index (χ1n) is 10.4. The Balaban J connectivity index is 1.34. The van der Waals surface area contributed by atoms with Crippen LogP contribution in [0.3, 0.4) is 0 Å². The van der Waals surface area contributed by atoms with Gasteiger partial charge in [0.05, 0.1) is 23.9 Å². The van der Waals surface area contributed by atoms with Crippen LogP contribution >= 0.6 is 27.5 Å². The number of aromatic nitrogens is 2. The Labute approximate surface area is 199 Å². The van der Waals surface area contributed by atoms with E-state index in [0.29, 0.717) is 11.8 Å². The second-order valence-electron chi connectivity index (χ2n) is 7.55. The third-order valence-electron chi connectivity index (χ3n) is 5.49. The van der Waals surface area contributed by atoms with Gasteiger partial charge in [-0.25, -0.2) is 9.97 Å². The summed E-state index contributed by atoms with van der Waals surface area (Å²) in [7, 11) is 0. The summed E-state index contributed by atoms with van der Waals surface area (Å²) in [4.78, 5) is 8.90. The third-order valence-corrected chi connectivity index (χ3v) is 6.26. The molecule has 160 valence electrons. The molecule has 1 atom stereocenters. The van der Waals surface area contributed by atoms with Crippen LogP contribution in [0.2, 0.25) is 5.15 Å². The molecule has 3 heterocycles. The zero-order valence-corrected chi connectivity index (χ0v) is 19.7. The van der Waals surface area contributed by atoms with Crippen molar-refractivity contribution in [3.63, 3.8) is 0 Å². The van der Waals surface area contributed by atoms with Crippen molar-refractivity contribution in [2.45, 2.75) is 19.4 Å². The van der Waals surface area contributed by atoms with Gasteiger partial charge in [0.1, 0.15) is 15.5 Å². The van der Waals surface area contributed by atoms with Crippen molar-refractivity contribution < 1.29 is 4.74 Å². The number of nitrogens with one attached hydrogen (secondary N) is 1. The van der Waals surface area contributed by atoms with Crippen LogP contribution in [0.25, 0.3) is 22.0 Å². The van der Waals surface area contributed by atoms with Crippen molar-refractivity contribution >= 4 is 44.1 Å². The topological polar surface area (TPSA) is 59.4 Å². The molecule has 0 aliphatic carbocycles. The number of benzene rings is 2. The zero-order valence-electron chi connectivity index (χ0n) is 17.3. The summed E-state index contributed by atoms with van der Waals surface area (Å²) in [5.74, 6) is 0.795. The molecule has 4 aromatic rings. The predicted octanol–water partition coefficient (Wildman–Crippen LogP) is 6.55. The standard InChI is InChI=1S/C25H20BrClN4O/c1-2-32-19-9-7-17-11-20(25(27)29-21(17)12-19)23-13-22(30-31-23)16-5-3-15(4-6-16)18-8-10-24(26)28-14-18/h3-12,14,23,31H,2,13H2,1H3. The predicted molar refractivity (Wildman–Crippen MR) is 132 cm³/mol. The molecule has 1 N–H and O–H groups in total. The SMILES string of the molecule is CCOc1ccc2cc(C3CC(c4ccc(-c5ccc(Br)nc5)cc4)=NN3)c(Cl)nc2c1. The van der Waals surface area contributed by atoms with Gasteiger partial charge in [-0.3, -0.25) is 0 Å². The van der Waals surface area contributed by atoms with E-state index in [1.54, 1.807) is 0 Å². The number of rotatable bonds is 5. The van der Waals surface area contributed by atoms with E-state index in [-0.39, 0.29) is 6.04 Å². The summed E-state index contributed by atoms with van der Waals surface area (Å²) in [5, 5.41) is 6.09. The maximum Gasteiger partial charge on any atom is 0.135 e. The minimum atomic E-state index is -0.0173. The van der Waals surface area contributed by atoms with Crippen LogP contribution in [-0.2, 0) is 0 Å². The lowest BCUT2D eigenvalue weighted by Crippen LogP contribution is -2.11. The first-order valence-corrected chi connectivity index (χ1v) is 11.6. The lowest BCUT2D eigenvalue weighted by Gasteiger charge is -2.13. The third kappa shape index (κ3) is 4.20. The van der Waals surface area contributed by atoms with Crippen LogP contribution in [0, 0.1) is 0 Å². The molecule has 0 spiro atoms. The van der Waals surface area contributed by atoms with Gasteiger partial charge in [-0.15, -0.1) is 0 Å². The second-order valence-corrected chi connectivity index (χ2v) is 8.72. The monoisotopic (exact) mass is 506 g/mol. The highest BCUT2D eigenvalue weighted by Gasteiger charge is 2.24. The zero-order chi connectivity index (χ0) is 22.1. The van der Waals surface area contributed by atoms with Gasteiger partial charge >= 0.3 is 0 Å². The quantitative estimate of drug-likeness (QED) is 0.311. The van der Waals surface area contributed by atoms with Gasteiger partial charge < -0.3 is 10.2 Å². The van der Waals surface area contributed by atoms with Gasteiger partial charge in [-0.1, -0.05) is 41.9 Å². The Hall–Kier alpha value is -2.96. The molecule has 5 nitrogen and oxygen atoms in total. The lowest BCUT2D eigenvalue weighted by atomic mass is 9.97. The van der Waals surface area contributed by atoms with Crippen LogP contribution in [0.4, 0.5) is 0 Å². The van der Waals surface area contributed by atoms with Crippen LogP contribution in [0.1, 0.15) is 30.5 Å². The summed E-state index contributed by atoms with van der Waals surface area (Å²) in [5.41, 5.74) is 9.27. The van der Waals surface area contributed by atoms with Gasteiger partial charge in [0.25, 0.3) is 0 Å². The largest absolute Gasteiger partial charge is 0.494 e. The summed E-state index contributed by atoms with van der Waals surface area (Å²) in [6, 6.07) is 20.3. The van der Waals surface area contributed by atoms with E-state index in [9.17, 15) is 0 Å². The average Bonchev–Trinajstić information content (AvgIpc) is 3.29. The lowest BCUT2D eigenvalue weighted by molar-refractivity contribution is 0.340. The fourth-order valence-corrected chi connectivity index (χ4v) is 4.36. The number of halogens is 2. The first-order chi connectivity index (χ1) is 15.6. The van der Waals surface area contributed by atoms with E-state index in [1.165, 1.54) is 0 Å². The maximum absolute atomic E-state index is 6.55. The Morgan fingerprint density at radius 2 is 1.81 bits per heavy atom. The van der Waals surface area contributed by atoms with Gasteiger partial charge in [-0.2, -0.15) is 5.10 Å². The molecule has 1 unspecified atom stereocenters. The molecule has 5 rings (SSSR count). The number of fused-ring (bicyclic) bond motifs is 1. The van der Waals surface area contributed by atoms with Gasteiger partial charge in [0, 0.05) is 35.2 Å². The van der Waals surface area contributed by atoms with Crippen molar-refractivity contribution in [3.05, 3.63) is 87.7 Å². The molecule has 32 heavy (non-hydrogen) atoms. The number of hydrazone groups is 1. The highest BCUT2D eigenvalue weighted by molar-refractivity contribution is 9.10. The Morgan fingerprint density at radius 3 is 2.56 bits per heavy atom. The highest BCUT2D eigenvalue weighted by atomic mass is 79.9. The van der Waals surface area contributed by atoms with Crippen LogP contribution in [0.15, 0.2) is 76.6 Å². The number of hydrogen-bond donors (Lipinski definition) is 1. The van der Waals surface area contributed by atoms with E-state index < -0.39 is 0 Å². The average molecular weight is 508 g/mol. The number of ether oxygens (including phenoxy) is 1. The summed E-state index contributed by atoms with van der Waals surface area (Å²) in [6.07, 6.45) is 2.60. The minimum Gasteiger partial charge on any atom is -0.494 e. The molecule has 2 aromatic heterocycles. The second kappa shape index (κ2) is 8.88. The van der Waals surface area contributed by atoms with E-state index in [4.69, 9.17) is 16.3 Å². The van der Waals surface area contributed by atoms with Gasteiger partial charge in [0.2, 0.25) is 0 Å². The minimum absolute atomic E-state index is 0.0173. The van der Waals surface area contributed by atoms with Crippen molar-refractivity contribution in [1.29, 1.82) is 0 Å². The van der Waals surface area contributed by atoms with Gasteiger partial charge in [0.15, 0.2) is 0 Å². The Morgan fingerprint density at radius 1 is 1.03 bits per heavy atom. The molecule has 1 aliphatic rings. The molecule has 0 bridgehead atoms. The molecular formula is C25H20BrClN4O. The smallest absolute Gasteiger partial charge is 0.135 e. The number of hydrogen-bond acceptors (Lipinski definition) is 5. The van der Waals surface area contributed by atoms with Crippen LogP contribution < -0.4 is 10.2 Å². The van der Waals surface area contributed by atoms with Crippen LogP contribution in [-0.4, -0.2) is 22.3 Å². The molecule has 0 radical (unpaired) electrons. The summed E-state index contributed by atoms with van der Waals surface area (Å²) < 4.78 is 6.40. The Kier molecular flexibility index (Phi) is 5.81.